The minimum absolute atomic E-state index is 0.0136. The number of benzene rings is 2. The summed E-state index contributed by atoms with van der Waals surface area (Å²) >= 11 is 3.00. The fraction of sp³-hybridized carbons (Fsp3) is 0.276. The highest BCUT2D eigenvalue weighted by Gasteiger charge is 2.31. The molecule has 0 saturated carbocycles. The van der Waals surface area contributed by atoms with Gasteiger partial charge in [0.05, 0.1) is 23.4 Å². The largest absolute Gasteiger partial charge is 0.489 e. The molecular weight excluding hydrogens is 558 g/mol. The predicted molar refractivity (Wildman–Crippen MR) is 163 cm³/mol. The molecule has 1 aliphatic heterocycles. The number of nitrogens with zero attached hydrogens (tertiary/aromatic N) is 6. The molecule has 0 bridgehead atoms. The van der Waals surface area contributed by atoms with E-state index in [1.165, 1.54) is 11.3 Å². The van der Waals surface area contributed by atoms with E-state index < -0.39 is 5.97 Å². The number of hydrogen-bond donors (Lipinski definition) is 1. The Labute approximate surface area is 245 Å². The van der Waals surface area contributed by atoms with Crippen molar-refractivity contribution in [3.8, 4) is 5.75 Å². The molecule has 4 heterocycles. The lowest BCUT2D eigenvalue weighted by atomic mass is 10.3. The summed E-state index contributed by atoms with van der Waals surface area (Å²) in [5.74, 6) is 1.64. The number of aromatic nitrogens is 4. The van der Waals surface area contributed by atoms with Crippen LogP contribution in [0.25, 0.3) is 10.2 Å². The molecule has 0 spiro atoms. The van der Waals surface area contributed by atoms with E-state index in [-0.39, 0.29) is 12.7 Å². The van der Waals surface area contributed by atoms with E-state index in [0.29, 0.717) is 29.0 Å². The SMILES string of the molecule is CCOC(=O)c1nc(N(C)c2cc(C)c(Nc3nc4ccccc4s3)nn2)sc1N1CC[C@@H](Oc2ccccc2)C1. The van der Waals surface area contributed by atoms with Gasteiger partial charge in [-0.3, -0.25) is 0 Å². The van der Waals surface area contributed by atoms with Gasteiger partial charge in [0.15, 0.2) is 27.6 Å². The number of esters is 1. The minimum atomic E-state index is -0.441. The summed E-state index contributed by atoms with van der Waals surface area (Å²) in [6, 6.07) is 19.7. The van der Waals surface area contributed by atoms with Crippen LogP contribution in [0.15, 0.2) is 60.7 Å². The third-order valence-electron chi connectivity index (χ3n) is 6.67. The lowest BCUT2D eigenvalue weighted by molar-refractivity contribution is 0.0521. The fourth-order valence-corrected chi connectivity index (χ4v) is 6.50. The molecule has 1 aliphatic rings. The van der Waals surface area contributed by atoms with Crippen molar-refractivity contribution in [1.82, 2.24) is 20.2 Å². The Morgan fingerprint density at radius 1 is 1.10 bits per heavy atom. The van der Waals surface area contributed by atoms with E-state index in [2.05, 4.69) is 25.4 Å². The van der Waals surface area contributed by atoms with Gasteiger partial charge in [0.1, 0.15) is 16.9 Å². The average molecular weight is 588 g/mol. The Morgan fingerprint density at radius 3 is 2.68 bits per heavy atom. The predicted octanol–water partition coefficient (Wildman–Crippen LogP) is 6.20. The van der Waals surface area contributed by atoms with Gasteiger partial charge < -0.3 is 24.6 Å². The molecule has 1 N–H and O–H groups in total. The van der Waals surface area contributed by atoms with Crippen molar-refractivity contribution in [3.05, 3.63) is 71.9 Å². The third kappa shape index (κ3) is 5.79. The second-order valence-corrected chi connectivity index (χ2v) is 11.5. The lowest BCUT2D eigenvalue weighted by Crippen LogP contribution is -2.25. The van der Waals surface area contributed by atoms with Crippen LogP contribution in [0.3, 0.4) is 0 Å². The van der Waals surface area contributed by atoms with Crippen molar-refractivity contribution in [2.45, 2.75) is 26.4 Å². The van der Waals surface area contributed by atoms with Crippen molar-refractivity contribution in [2.24, 2.45) is 0 Å². The maximum atomic E-state index is 12.9. The van der Waals surface area contributed by atoms with Crippen LogP contribution >= 0.6 is 22.7 Å². The quantitative estimate of drug-likeness (QED) is 0.201. The van der Waals surface area contributed by atoms with Gasteiger partial charge in [0.2, 0.25) is 0 Å². The highest BCUT2D eigenvalue weighted by molar-refractivity contribution is 7.22. The molecule has 2 aromatic carbocycles. The van der Waals surface area contributed by atoms with Crippen molar-refractivity contribution in [1.29, 1.82) is 0 Å². The number of hydrogen-bond acceptors (Lipinski definition) is 12. The van der Waals surface area contributed by atoms with Crippen LogP contribution in [0.2, 0.25) is 0 Å². The Morgan fingerprint density at radius 2 is 1.90 bits per heavy atom. The number of aryl methyl sites for hydroxylation is 1. The number of ether oxygens (including phenoxy) is 2. The summed E-state index contributed by atoms with van der Waals surface area (Å²) in [6.45, 7) is 5.43. The first-order chi connectivity index (χ1) is 20.0. The molecule has 0 amide bonds. The van der Waals surface area contributed by atoms with Crippen LogP contribution in [0.1, 0.15) is 29.4 Å². The zero-order valence-electron chi connectivity index (χ0n) is 22.9. The smallest absolute Gasteiger partial charge is 0.360 e. The van der Waals surface area contributed by atoms with Crippen LogP contribution in [0, 0.1) is 6.92 Å². The number of nitrogens with one attached hydrogen (secondary N) is 1. The van der Waals surface area contributed by atoms with Gasteiger partial charge in [-0.25, -0.2) is 14.8 Å². The summed E-state index contributed by atoms with van der Waals surface area (Å²) in [4.78, 5) is 26.2. The zero-order valence-corrected chi connectivity index (χ0v) is 24.5. The first kappa shape index (κ1) is 26.9. The van der Waals surface area contributed by atoms with Crippen LogP contribution < -0.4 is 19.9 Å². The van der Waals surface area contributed by atoms with Gasteiger partial charge in [0, 0.05) is 20.0 Å². The van der Waals surface area contributed by atoms with Gasteiger partial charge in [0.25, 0.3) is 0 Å². The first-order valence-electron chi connectivity index (χ1n) is 13.3. The van der Waals surface area contributed by atoms with Gasteiger partial charge in [-0.15, -0.1) is 10.2 Å². The standard InChI is InChI=1S/C29H29N7O3S2/c1-4-38-27(37)24-26(36-15-14-20(17-36)39-19-10-6-5-7-11-19)41-29(31-24)35(3)23-16-18(2)25(34-33-23)32-28-30-21-12-8-9-13-22(21)40-28/h5-13,16,20H,4,14-15,17H2,1-3H3,(H,30,32,34)/t20-/m1/s1. The second kappa shape index (κ2) is 11.7. The molecule has 210 valence electrons. The van der Waals surface area contributed by atoms with Crippen LogP contribution in [-0.2, 0) is 4.74 Å². The maximum Gasteiger partial charge on any atom is 0.360 e. The lowest BCUT2D eigenvalue weighted by Gasteiger charge is -2.18. The second-order valence-electron chi connectivity index (χ2n) is 9.56. The van der Waals surface area contributed by atoms with Crippen molar-refractivity contribution < 1.29 is 14.3 Å². The minimum Gasteiger partial charge on any atom is -0.489 e. The van der Waals surface area contributed by atoms with E-state index in [1.807, 2.05) is 79.5 Å². The first-order valence-corrected chi connectivity index (χ1v) is 15.0. The molecule has 10 nitrogen and oxygen atoms in total. The zero-order chi connectivity index (χ0) is 28.3. The summed E-state index contributed by atoms with van der Waals surface area (Å²) < 4.78 is 12.6. The van der Waals surface area contributed by atoms with E-state index >= 15 is 0 Å². The van der Waals surface area contributed by atoms with Crippen LogP contribution in [0.4, 0.5) is 26.9 Å². The van der Waals surface area contributed by atoms with Crippen molar-refractivity contribution in [2.75, 3.05) is 41.9 Å². The van der Waals surface area contributed by atoms with Gasteiger partial charge in [-0.1, -0.05) is 53.0 Å². The van der Waals surface area contributed by atoms with E-state index in [9.17, 15) is 4.79 Å². The Kier molecular flexibility index (Phi) is 7.66. The van der Waals surface area contributed by atoms with E-state index in [4.69, 9.17) is 14.5 Å². The van der Waals surface area contributed by atoms with E-state index in [1.54, 1.807) is 18.3 Å². The molecule has 0 aliphatic carbocycles. The molecule has 12 heteroatoms. The number of carbonyl (C=O) groups excluding carboxylic acids is 1. The number of anilines is 5. The number of rotatable bonds is 9. The fourth-order valence-electron chi connectivity index (χ4n) is 4.58. The molecular formula is C29H29N7O3S2. The summed E-state index contributed by atoms with van der Waals surface area (Å²) in [6.07, 6.45) is 0.855. The highest BCUT2D eigenvalue weighted by atomic mass is 32.1. The van der Waals surface area contributed by atoms with Crippen LogP contribution in [0.5, 0.6) is 5.75 Å². The normalized spacial score (nSPS) is 14.8. The van der Waals surface area contributed by atoms with Crippen molar-refractivity contribution >= 4 is 65.8 Å². The number of para-hydroxylation sites is 2. The molecule has 5 aromatic rings. The molecule has 0 radical (unpaired) electrons. The van der Waals surface area contributed by atoms with Gasteiger partial charge in [-0.05, 0) is 49.7 Å². The monoisotopic (exact) mass is 587 g/mol. The van der Waals surface area contributed by atoms with E-state index in [0.717, 1.165) is 44.6 Å². The number of thiazole rings is 2. The molecule has 1 atom stereocenters. The van der Waals surface area contributed by atoms with Gasteiger partial charge >= 0.3 is 5.97 Å². The molecule has 0 unspecified atom stereocenters. The third-order valence-corrected chi connectivity index (χ3v) is 8.81. The molecule has 1 fully saturated rings. The average Bonchev–Trinajstić information content (AvgIpc) is 3.72. The summed E-state index contributed by atoms with van der Waals surface area (Å²) in [7, 11) is 1.87. The van der Waals surface area contributed by atoms with Gasteiger partial charge in [-0.2, -0.15) is 0 Å². The molecule has 3 aromatic heterocycles. The number of fused-ring (bicyclic) bond motifs is 1. The number of carbonyl (C=O) groups is 1. The van der Waals surface area contributed by atoms with Crippen LogP contribution in [-0.4, -0.2) is 59.0 Å². The topological polar surface area (TPSA) is 106 Å². The Balaban J connectivity index is 1.21. The van der Waals surface area contributed by atoms with Crippen molar-refractivity contribution in [3.63, 3.8) is 0 Å². The summed E-state index contributed by atoms with van der Waals surface area (Å²) in [5.41, 5.74) is 2.15. The molecule has 6 rings (SSSR count). The molecule has 41 heavy (non-hydrogen) atoms. The Hall–Kier alpha value is -4.29. The Bertz CT molecular complexity index is 1640. The molecule has 1 saturated heterocycles. The highest BCUT2D eigenvalue weighted by Crippen LogP contribution is 2.39. The summed E-state index contributed by atoms with van der Waals surface area (Å²) in [5, 5.41) is 14.3. The maximum absolute atomic E-state index is 12.9.